The van der Waals surface area contributed by atoms with E-state index < -0.39 is 6.04 Å². The minimum atomic E-state index is -0.586. The van der Waals surface area contributed by atoms with Gasteiger partial charge in [-0.3, -0.25) is 19.7 Å². The van der Waals surface area contributed by atoms with Gasteiger partial charge in [0.1, 0.15) is 6.04 Å². The van der Waals surface area contributed by atoms with E-state index in [0.29, 0.717) is 11.3 Å². The van der Waals surface area contributed by atoms with Crippen LogP contribution in [0.1, 0.15) is 53.8 Å². The van der Waals surface area contributed by atoms with Gasteiger partial charge in [-0.1, -0.05) is 31.4 Å². The lowest BCUT2D eigenvalue weighted by Gasteiger charge is -2.30. The number of aromatic nitrogens is 3. The Labute approximate surface area is 208 Å². The van der Waals surface area contributed by atoms with Crippen molar-refractivity contribution in [2.75, 3.05) is 5.32 Å². The molecule has 0 unspecified atom stereocenters. The number of nitrogens with one attached hydrogen (secondary N) is 3. The Morgan fingerprint density at radius 1 is 1.09 bits per heavy atom. The summed E-state index contributed by atoms with van der Waals surface area (Å²) >= 11 is 1.49. The highest BCUT2D eigenvalue weighted by molar-refractivity contribution is 7.17. The summed E-state index contributed by atoms with van der Waals surface area (Å²) < 4.78 is 0.958. The van der Waals surface area contributed by atoms with Crippen molar-refractivity contribution in [3.05, 3.63) is 65.1 Å². The molecule has 8 heteroatoms. The molecule has 1 aliphatic rings. The van der Waals surface area contributed by atoms with Crippen LogP contribution in [0.5, 0.6) is 0 Å². The number of aryl methyl sites for hydroxylation is 2. The predicted molar refractivity (Wildman–Crippen MR) is 140 cm³/mol. The maximum atomic E-state index is 13.5. The summed E-state index contributed by atoms with van der Waals surface area (Å²) in [5.74, 6) is -0.265. The molecular weight excluding hydrogens is 458 g/mol. The fourth-order valence-corrected chi connectivity index (χ4v) is 5.96. The first-order valence-electron chi connectivity index (χ1n) is 12.1. The molecule has 1 fully saturated rings. The van der Waals surface area contributed by atoms with E-state index in [1.807, 2.05) is 49.6 Å². The van der Waals surface area contributed by atoms with Crippen LogP contribution >= 0.6 is 11.3 Å². The summed E-state index contributed by atoms with van der Waals surface area (Å²) in [7, 11) is 0. The first-order chi connectivity index (χ1) is 17.0. The van der Waals surface area contributed by atoms with E-state index in [1.165, 1.54) is 17.8 Å². The lowest BCUT2D eigenvalue weighted by molar-refractivity contribution is -0.119. The van der Waals surface area contributed by atoms with Crippen LogP contribution in [-0.2, 0) is 4.79 Å². The average molecular weight is 488 g/mol. The van der Waals surface area contributed by atoms with Crippen LogP contribution in [-0.4, -0.2) is 33.0 Å². The summed E-state index contributed by atoms with van der Waals surface area (Å²) in [5.41, 5.74) is 5.37. The molecule has 1 atom stereocenters. The Balaban J connectivity index is 1.35. The number of pyridine rings is 1. The molecule has 1 saturated carbocycles. The summed E-state index contributed by atoms with van der Waals surface area (Å²) in [4.78, 5) is 30.8. The maximum Gasteiger partial charge on any atom is 0.253 e. The van der Waals surface area contributed by atoms with E-state index in [0.717, 1.165) is 58.3 Å². The molecule has 0 saturated heterocycles. The minimum absolute atomic E-state index is 0.120. The van der Waals surface area contributed by atoms with Gasteiger partial charge in [0.15, 0.2) is 0 Å². The highest BCUT2D eigenvalue weighted by Gasteiger charge is 2.32. The fraction of sp³-hybridized carbons (Fsp3) is 0.333. The monoisotopic (exact) mass is 487 g/mol. The molecule has 3 aromatic heterocycles. The number of H-pyrrole nitrogens is 1. The van der Waals surface area contributed by atoms with Gasteiger partial charge >= 0.3 is 0 Å². The van der Waals surface area contributed by atoms with E-state index in [1.54, 1.807) is 12.4 Å². The number of hydrogen-bond donors (Lipinski definition) is 3. The van der Waals surface area contributed by atoms with Gasteiger partial charge in [0.25, 0.3) is 5.91 Å². The van der Waals surface area contributed by atoms with E-state index in [2.05, 4.69) is 25.8 Å². The average Bonchev–Trinajstić information content (AvgIpc) is 3.46. The molecule has 2 amide bonds. The lowest BCUT2D eigenvalue weighted by Crippen LogP contribution is -2.49. The number of amides is 2. The summed E-state index contributed by atoms with van der Waals surface area (Å²) in [5, 5.41) is 16.1. The first kappa shape index (κ1) is 23.2. The second kappa shape index (κ2) is 10.00. The smallest absolute Gasteiger partial charge is 0.253 e. The largest absolute Gasteiger partial charge is 0.340 e. The van der Waals surface area contributed by atoms with Crippen molar-refractivity contribution >= 4 is 38.9 Å². The van der Waals surface area contributed by atoms with Gasteiger partial charge in [0, 0.05) is 40.1 Å². The molecule has 5 rings (SSSR count). The molecule has 0 radical (unpaired) electrons. The number of carbonyl (C=O) groups is 2. The number of anilines is 1. The van der Waals surface area contributed by atoms with Crippen LogP contribution in [0.25, 0.3) is 21.2 Å². The Hall–Kier alpha value is -3.52. The number of nitrogens with zero attached hydrogens (tertiary/aromatic N) is 2. The van der Waals surface area contributed by atoms with Crippen molar-refractivity contribution in [1.29, 1.82) is 0 Å². The molecule has 0 aliphatic heterocycles. The molecule has 0 bridgehead atoms. The second-order valence-electron chi connectivity index (χ2n) is 9.25. The standard InChI is InChI=1S/C27H29N5O2S/c1-16-24(17(2)32-31-16)18-8-10-20(11-9-18)29-27(34)25(19-6-4-3-5-7-19)30-26(33)22-15-35-23-14-28-13-12-21(22)23/h8-15,19,25H,3-7H2,1-2H3,(H,29,34)(H,30,33)(H,31,32)/t25-/m0/s1. The molecule has 1 aliphatic carbocycles. The van der Waals surface area contributed by atoms with Crippen LogP contribution < -0.4 is 10.6 Å². The first-order valence-corrected chi connectivity index (χ1v) is 12.9. The SMILES string of the molecule is Cc1n[nH]c(C)c1-c1ccc(NC(=O)[C@@H](NC(=O)c2csc3cnccc23)C2CCCCC2)cc1. The van der Waals surface area contributed by atoms with Gasteiger partial charge in [-0.2, -0.15) is 5.10 Å². The summed E-state index contributed by atoms with van der Waals surface area (Å²) in [6.45, 7) is 3.97. The van der Waals surface area contributed by atoms with E-state index in [4.69, 9.17) is 0 Å². The van der Waals surface area contributed by atoms with Gasteiger partial charge in [-0.05, 0) is 56.4 Å². The predicted octanol–water partition coefficient (Wildman–Crippen LogP) is 5.62. The third-order valence-corrected chi connectivity index (χ3v) is 7.82. The quantitative estimate of drug-likeness (QED) is 0.329. The van der Waals surface area contributed by atoms with Crippen LogP contribution in [0.3, 0.4) is 0 Å². The van der Waals surface area contributed by atoms with E-state index in [9.17, 15) is 9.59 Å². The van der Waals surface area contributed by atoms with Crippen molar-refractivity contribution in [3.8, 4) is 11.1 Å². The van der Waals surface area contributed by atoms with E-state index >= 15 is 0 Å². The Kier molecular flexibility index (Phi) is 6.63. The Morgan fingerprint density at radius 3 is 2.57 bits per heavy atom. The van der Waals surface area contributed by atoms with Gasteiger partial charge in [0.05, 0.1) is 16.0 Å². The fourth-order valence-electron chi connectivity index (χ4n) is 5.06. The van der Waals surface area contributed by atoms with E-state index in [-0.39, 0.29) is 17.7 Å². The molecule has 180 valence electrons. The molecule has 4 aromatic rings. The Bertz CT molecular complexity index is 1330. The third kappa shape index (κ3) is 4.84. The van der Waals surface area contributed by atoms with Gasteiger partial charge in [-0.25, -0.2) is 0 Å². The number of hydrogen-bond acceptors (Lipinski definition) is 5. The Morgan fingerprint density at radius 2 is 1.86 bits per heavy atom. The second-order valence-corrected chi connectivity index (χ2v) is 10.2. The highest BCUT2D eigenvalue weighted by Crippen LogP contribution is 2.30. The normalized spacial score (nSPS) is 15.1. The third-order valence-electron chi connectivity index (χ3n) is 6.88. The molecule has 7 nitrogen and oxygen atoms in total. The van der Waals surface area contributed by atoms with Crippen molar-refractivity contribution in [2.24, 2.45) is 5.92 Å². The summed E-state index contributed by atoms with van der Waals surface area (Å²) in [6, 6.07) is 9.04. The van der Waals surface area contributed by atoms with Crippen LogP contribution in [0, 0.1) is 19.8 Å². The number of fused-ring (bicyclic) bond motifs is 1. The summed E-state index contributed by atoms with van der Waals surface area (Å²) in [6.07, 6.45) is 8.65. The van der Waals surface area contributed by atoms with Crippen LogP contribution in [0.2, 0.25) is 0 Å². The number of benzene rings is 1. The van der Waals surface area contributed by atoms with Gasteiger partial charge in [0.2, 0.25) is 5.91 Å². The van der Waals surface area contributed by atoms with Crippen LogP contribution in [0.15, 0.2) is 48.1 Å². The topological polar surface area (TPSA) is 99.8 Å². The molecular formula is C27H29N5O2S. The number of carbonyl (C=O) groups excluding carboxylic acids is 2. The molecule has 1 aromatic carbocycles. The zero-order chi connectivity index (χ0) is 24.4. The zero-order valence-corrected chi connectivity index (χ0v) is 20.7. The number of rotatable bonds is 6. The molecule has 3 heterocycles. The minimum Gasteiger partial charge on any atom is -0.340 e. The van der Waals surface area contributed by atoms with Crippen LogP contribution in [0.4, 0.5) is 5.69 Å². The van der Waals surface area contributed by atoms with Crippen molar-refractivity contribution in [3.63, 3.8) is 0 Å². The molecule has 3 N–H and O–H groups in total. The van der Waals surface area contributed by atoms with Crippen molar-refractivity contribution in [1.82, 2.24) is 20.5 Å². The maximum absolute atomic E-state index is 13.5. The van der Waals surface area contributed by atoms with Gasteiger partial charge in [-0.15, -0.1) is 11.3 Å². The lowest BCUT2D eigenvalue weighted by atomic mass is 9.83. The highest BCUT2D eigenvalue weighted by atomic mass is 32.1. The van der Waals surface area contributed by atoms with Crippen molar-refractivity contribution < 1.29 is 9.59 Å². The van der Waals surface area contributed by atoms with Gasteiger partial charge < -0.3 is 10.6 Å². The molecule has 35 heavy (non-hydrogen) atoms. The number of aromatic amines is 1. The number of thiophene rings is 1. The zero-order valence-electron chi connectivity index (χ0n) is 19.9. The van der Waals surface area contributed by atoms with Crippen molar-refractivity contribution in [2.45, 2.75) is 52.0 Å². The molecule has 0 spiro atoms.